The monoisotopic (exact) mass is 277 g/mol. The van der Waals surface area contributed by atoms with Gasteiger partial charge in [0.1, 0.15) is 17.5 Å². The SMILES string of the molecule is CCc1nc(NN)cc(NC(CC)C2CCCCC2)n1. The lowest BCUT2D eigenvalue weighted by atomic mass is 9.83. The molecule has 1 saturated carbocycles. The van der Waals surface area contributed by atoms with Gasteiger partial charge in [0.2, 0.25) is 0 Å². The second-order valence-electron chi connectivity index (χ2n) is 5.61. The first-order chi connectivity index (χ1) is 9.76. The van der Waals surface area contributed by atoms with Crippen LogP contribution in [-0.2, 0) is 6.42 Å². The van der Waals surface area contributed by atoms with Crippen molar-refractivity contribution in [2.45, 2.75) is 64.8 Å². The van der Waals surface area contributed by atoms with Crippen LogP contribution in [0, 0.1) is 5.92 Å². The van der Waals surface area contributed by atoms with Gasteiger partial charge in [-0.3, -0.25) is 0 Å². The fraction of sp³-hybridized carbons (Fsp3) is 0.733. The maximum absolute atomic E-state index is 5.48. The molecule has 0 bridgehead atoms. The summed E-state index contributed by atoms with van der Waals surface area (Å²) in [5.41, 5.74) is 2.62. The van der Waals surface area contributed by atoms with Crippen molar-refractivity contribution in [1.82, 2.24) is 9.97 Å². The van der Waals surface area contributed by atoms with Crippen molar-refractivity contribution in [2.24, 2.45) is 11.8 Å². The summed E-state index contributed by atoms with van der Waals surface area (Å²) in [6, 6.07) is 2.39. The number of nitrogens with one attached hydrogen (secondary N) is 2. The van der Waals surface area contributed by atoms with Gasteiger partial charge in [-0.2, -0.15) is 0 Å². The molecule has 1 aliphatic carbocycles. The zero-order valence-corrected chi connectivity index (χ0v) is 12.7. The van der Waals surface area contributed by atoms with E-state index in [2.05, 4.69) is 34.6 Å². The molecule has 4 N–H and O–H groups in total. The summed E-state index contributed by atoms with van der Waals surface area (Å²) in [4.78, 5) is 8.89. The molecule has 0 amide bonds. The Balaban J connectivity index is 2.09. The van der Waals surface area contributed by atoms with Crippen molar-refractivity contribution in [2.75, 3.05) is 10.7 Å². The van der Waals surface area contributed by atoms with Crippen molar-refractivity contribution < 1.29 is 0 Å². The Labute approximate surface area is 121 Å². The van der Waals surface area contributed by atoms with Crippen LogP contribution in [0.4, 0.5) is 11.6 Å². The fourth-order valence-corrected chi connectivity index (χ4v) is 3.08. The summed E-state index contributed by atoms with van der Waals surface area (Å²) in [6.07, 6.45) is 8.72. The van der Waals surface area contributed by atoms with E-state index < -0.39 is 0 Å². The number of hydrogen-bond donors (Lipinski definition) is 3. The van der Waals surface area contributed by atoms with Crippen molar-refractivity contribution in [3.63, 3.8) is 0 Å². The maximum atomic E-state index is 5.48. The summed E-state index contributed by atoms with van der Waals surface area (Å²) >= 11 is 0. The van der Waals surface area contributed by atoms with Gasteiger partial charge in [0.25, 0.3) is 0 Å². The number of anilines is 2. The minimum atomic E-state index is 0.500. The molecule has 5 heteroatoms. The number of aromatic nitrogens is 2. The molecule has 112 valence electrons. The van der Waals surface area contributed by atoms with E-state index in [4.69, 9.17) is 5.84 Å². The predicted octanol–water partition coefficient (Wildman–Crippen LogP) is 3.10. The van der Waals surface area contributed by atoms with E-state index in [-0.39, 0.29) is 0 Å². The molecule has 5 nitrogen and oxygen atoms in total. The zero-order valence-electron chi connectivity index (χ0n) is 12.7. The Hall–Kier alpha value is -1.36. The predicted molar refractivity (Wildman–Crippen MR) is 83.5 cm³/mol. The highest BCUT2D eigenvalue weighted by Crippen LogP contribution is 2.29. The van der Waals surface area contributed by atoms with Crippen LogP contribution >= 0.6 is 0 Å². The number of hydrazine groups is 1. The van der Waals surface area contributed by atoms with Gasteiger partial charge < -0.3 is 10.7 Å². The van der Waals surface area contributed by atoms with Crippen LogP contribution in [0.15, 0.2) is 6.07 Å². The van der Waals surface area contributed by atoms with Crippen LogP contribution < -0.4 is 16.6 Å². The highest BCUT2D eigenvalue weighted by Gasteiger charge is 2.22. The van der Waals surface area contributed by atoms with Crippen LogP contribution in [-0.4, -0.2) is 16.0 Å². The highest BCUT2D eigenvalue weighted by atomic mass is 15.3. The van der Waals surface area contributed by atoms with Gasteiger partial charge in [-0.1, -0.05) is 33.1 Å². The Kier molecular flexibility index (Phi) is 5.59. The van der Waals surface area contributed by atoms with E-state index in [1.807, 2.05) is 6.07 Å². The van der Waals surface area contributed by atoms with Crippen molar-refractivity contribution >= 4 is 11.6 Å². The maximum Gasteiger partial charge on any atom is 0.145 e. The number of hydrogen-bond acceptors (Lipinski definition) is 5. The summed E-state index contributed by atoms with van der Waals surface area (Å²) in [6.45, 7) is 4.30. The van der Waals surface area contributed by atoms with E-state index in [0.29, 0.717) is 11.9 Å². The van der Waals surface area contributed by atoms with Gasteiger partial charge in [0.05, 0.1) is 0 Å². The normalized spacial score (nSPS) is 17.8. The molecule has 2 rings (SSSR count). The third-order valence-electron chi connectivity index (χ3n) is 4.23. The van der Waals surface area contributed by atoms with Gasteiger partial charge in [0, 0.05) is 18.5 Å². The van der Waals surface area contributed by atoms with Crippen LogP contribution in [0.1, 0.15) is 58.2 Å². The first-order valence-electron chi connectivity index (χ1n) is 7.87. The Bertz CT molecular complexity index is 392. The van der Waals surface area contributed by atoms with Crippen molar-refractivity contribution in [3.8, 4) is 0 Å². The number of aryl methyl sites for hydroxylation is 1. The lowest BCUT2D eigenvalue weighted by Gasteiger charge is -2.30. The van der Waals surface area contributed by atoms with Crippen molar-refractivity contribution in [1.29, 1.82) is 0 Å². The van der Waals surface area contributed by atoms with Gasteiger partial charge in [-0.05, 0) is 25.2 Å². The average molecular weight is 277 g/mol. The third-order valence-corrected chi connectivity index (χ3v) is 4.23. The lowest BCUT2D eigenvalue weighted by Crippen LogP contribution is -2.30. The first kappa shape index (κ1) is 15.0. The molecule has 1 atom stereocenters. The molecule has 1 aromatic rings. The highest BCUT2D eigenvalue weighted by molar-refractivity contribution is 5.47. The summed E-state index contributed by atoms with van der Waals surface area (Å²) in [5.74, 6) is 8.64. The molecule has 1 unspecified atom stereocenters. The molecule has 0 saturated heterocycles. The topological polar surface area (TPSA) is 75.9 Å². The van der Waals surface area contributed by atoms with Crippen LogP contribution in [0.25, 0.3) is 0 Å². The van der Waals surface area contributed by atoms with E-state index in [1.54, 1.807) is 0 Å². The number of rotatable bonds is 6. The molecule has 20 heavy (non-hydrogen) atoms. The molecule has 1 fully saturated rings. The quantitative estimate of drug-likeness (QED) is 0.550. The summed E-state index contributed by atoms with van der Waals surface area (Å²) < 4.78 is 0. The first-order valence-corrected chi connectivity index (χ1v) is 7.87. The minimum absolute atomic E-state index is 0.500. The Morgan fingerprint density at radius 1 is 1.20 bits per heavy atom. The van der Waals surface area contributed by atoms with E-state index in [0.717, 1.165) is 30.4 Å². The fourth-order valence-electron chi connectivity index (χ4n) is 3.08. The average Bonchev–Trinajstić information content (AvgIpc) is 2.53. The van der Waals surface area contributed by atoms with E-state index in [9.17, 15) is 0 Å². The second-order valence-corrected chi connectivity index (χ2v) is 5.61. The van der Waals surface area contributed by atoms with Crippen LogP contribution in [0.3, 0.4) is 0 Å². The molecular weight excluding hydrogens is 250 g/mol. The number of nitrogen functional groups attached to an aromatic ring is 1. The minimum Gasteiger partial charge on any atom is -0.367 e. The van der Waals surface area contributed by atoms with E-state index in [1.165, 1.54) is 32.1 Å². The molecule has 1 aliphatic rings. The molecule has 0 spiro atoms. The molecule has 0 aromatic carbocycles. The summed E-state index contributed by atoms with van der Waals surface area (Å²) in [5, 5.41) is 3.60. The third kappa shape index (κ3) is 3.82. The Morgan fingerprint density at radius 3 is 2.50 bits per heavy atom. The van der Waals surface area contributed by atoms with Gasteiger partial charge in [-0.15, -0.1) is 0 Å². The van der Waals surface area contributed by atoms with Crippen molar-refractivity contribution in [3.05, 3.63) is 11.9 Å². The zero-order chi connectivity index (χ0) is 14.4. The molecule has 0 radical (unpaired) electrons. The van der Waals surface area contributed by atoms with Gasteiger partial charge >= 0.3 is 0 Å². The van der Waals surface area contributed by atoms with Gasteiger partial charge in [-0.25, -0.2) is 15.8 Å². The molecule has 1 heterocycles. The van der Waals surface area contributed by atoms with Crippen LogP contribution in [0.5, 0.6) is 0 Å². The Morgan fingerprint density at radius 2 is 1.90 bits per heavy atom. The smallest absolute Gasteiger partial charge is 0.145 e. The molecule has 1 aromatic heterocycles. The molecular formula is C15H27N5. The number of nitrogens with two attached hydrogens (primary N) is 1. The van der Waals surface area contributed by atoms with Gasteiger partial charge in [0.15, 0.2) is 0 Å². The number of nitrogens with zero attached hydrogens (tertiary/aromatic N) is 2. The lowest BCUT2D eigenvalue weighted by molar-refractivity contribution is 0.312. The standard InChI is InChI=1S/C15H27N5/c1-3-12(11-8-6-5-7-9-11)17-14-10-15(20-16)19-13(4-2)18-14/h10-12H,3-9,16H2,1-2H3,(H2,17,18,19,20). The van der Waals surface area contributed by atoms with E-state index >= 15 is 0 Å². The summed E-state index contributed by atoms with van der Waals surface area (Å²) in [7, 11) is 0. The molecule has 0 aliphatic heterocycles. The largest absolute Gasteiger partial charge is 0.367 e. The van der Waals surface area contributed by atoms with Crippen LogP contribution in [0.2, 0.25) is 0 Å². The second kappa shape index (κ2) is 7.43.